The molecule has 0 heterocycles. The monoisotopic (exact) mass is 265 g/mol. The smallest absolute Gasteiger partial charge is 0.308 e. The zero-order chi connectivity index (χ0) is 14.4. The van der Waals surface area contributed by atoms with Crippen molar-refractivity contribution >= 4 is 18.0 Å². The Kier molecular flexibility index (Phi) is 5.23. The Morgan fingerprint density at radius 3 is 2.63 bits per heavy atom. The Balaban J connectivity index is 2.64. The first-order valence-corrected chi connectivity index (χ1v) is 5.82. The molecule has 1 aromatic carbocycles. The predicted molar refractivity (Wildman–Crippen MR) is 69.9 cm³/mol. The van der Waals surface area contributed by atoms with Crippen LogP contribution in [-0.2, 0) is 9.59 Å². The summed E-state index contributed by atoms with van der Waals surface area (Å²) >= 11 is 0. The van der Waals surface area contributed by atoms with E-state index in [-0.39, 0.29) is 12.5 Å². The second-order valence-electron chi connectivity index (χ2n) is 4.31. The van der Waals surface area contributed by atoms with Crippen LogP contribution >= 0.6 is 0 Å². The first-order valence-electron chi connectivity index (χ1n) is 5.82. The van der Waals surface area contributed by atoms with Gasteiger partial charge in [-0.25, -0.2) is 4.39 Å². The number of aliphatic carboxylic acids is 1. The molecule has 0 radical (unpaired) electrons. The number of carboxylic acids is 1. The third kappa shape index (κ3) is 4.54. The summed E-state index contributed by atoms with van der Waals surface area (Å²) in [6, 6.07) is 6.10. The van der Waals surface area contributed by atoms with Crippen LogP contribution in [0.15, 0.2) is 30.3 Å². The second-order valence-corrected chi connectivity index (χ2v) is 4.31. The summed E-state index contributed by atoms with van der Waals surface area (Å²) in [4.78, 5) is 23.7. The van der Waals surface area contributed by atoms with Crippen molar-refractivity contribution < 1.29 is 19.1 Å². The van der Waals surface area contributed by atoms with Gasteiger partial charge >= 0.3 is 5.97 Å². The second kappa shape index (κ2) is 6.68. The van der Waals surface area contributed by atoms with Crippen LogP contribution in [0, 0.1) is 11.7 Å². The molecule has 0 saturated carbocycles. The fourth-order valence-electron chi connectivity index (χ4n) is 1.48. The highest BCUT2D eigenvalue weighted by Gasteiger charge is 2.15. The van der Waals surface area contributed by atoms with Crippen LogP contribution < -0.4 is 0 Å². The van der Waals surface area contributed by atoms with Gasteiger partial charge in [-0.05, 0) is 12.1 Å². The fraction of sp³-hybridized carbons (Fsp3) is 0.286. The van der Waals surface area contributed by atoms with Crippen LogP contribution in [0.5, 0.6) is 0 Å². The molecule has 0 aliphatic heterocycles. The minimum atomic E-state index is -0.960. The lowest BCUT2D eigenvalue weighted by Gasteiger charge is -2.17. The number of benzene rings is 1. The summed E-state index contributed by atoms with van der Waals surface area (Å²) in [5, 5.41) is 8.75. The van der Waals surface area contributed by atoms with E-state index < -0.39 is 17.7 Å². The van der Waals surface area contributed by atoms with Gasteiger partial charge in [-0.2, -0.15) is 0 Å². The molecule has 1 N–H and O–H groups in total. The van der Waals surface area contributed by atoms with Crippen LogP contribution in [-0.4, -0.2) is 35.5 Å². The lowest BCUT2D eigenvalue weighted by Crippen LogP contribution is -2.32. The van der Waals surface area contributed by atoms with E-state index in [0.717, 1.165) is 0 Å². The van der Waals surface area contributed by atoms with Gasteiger partial charge in [-0.15, -0.1) is 0 Å². The lowest BCUT2D eigenvalue weighted by atomic mass is 10.1. The number of rotatable bonds is 5. The van der Waals surface area contributed by atoms with E-state index in [0.29, 0.717) is 5.56 Å². The SMILES string of the molecule is CC(CN(C)C(=O)/C=C/c1ccccc1F)C(=O)O. The molecule has 0 aliphatic rings. The number of carboxylic acid groups (broad SMARTS) is 1. The third-order valence-electron chi connectivity index (χ3n) is 2.66. The molecule has 1 rings (SSSR count). The van der Waals surface area contributed by atoms with Gasteiger partial charge in [0, 0.05) is 25.2 Å². The molecule has 102 valence electrons. The van der Waals surface area contributed by atoms with Crippen LogP contribution in [0.4, 0.5) is 4.39 Å². The Labute approximate surface area is 111 Å². The zero-order valence-corrected chi connectivity index (χ0v) is 10.8. The third-order valence-corrected chi connectivity index (χ3v) is 2.66. The van der Waals surface area contributed by atoms with Crippen molar-refractivity contribution in [2.24, 2.45) is 5.92 Å². The van der Waals surface area contributed by atoms with E-state index in [4.69, 9.17) is 5.11 Å². The molecule has 0 fully saturated rings. The van der Waals surface area contributed by atoms with Crippen molar-refractivity contribution in [2.75, 3.05) is 13.6 Å². The number of amides is 1. The molecule has 19 heavy (non-hydrogen) atoms. The maximum Gasteiger partial charge on any atom is 0.308 e. The molecule has 1 aromatic rings. The van der Waals surface area contributed by atoms with E-state index in [1.165, 1.54) is 37.1 Å². The standard InChI is InChI=1S/C14H16FNO3/c1-10(14(18)19)9-16(2)13(17)8-7-11-5-3-4-6-12(11)15/h3-8,10H,9H2,1-2H3,(H,18,19)/b8-7+. The van der Waals surface area contributed by atoms with Gasteiger partial charge < -0.3 is 10.0 Å². The molecule has 5 heteroatoms. The molecule has 1 atom stereocenters. The minimum Gasteiger partial charge on any atom is -0.481 e. The molecule has 0 bridgehead atoms. The molecule has 1 amide bonds. The van der Waals surface area contributed by atoms with Gasteiger partial charge in [0.1, 0.15) is 5.82 Å². The van der Waals surface area contributed by atoms with Gasteiger partial charge in [0.15, 0.2) is 0 Å². The van der Waals surface area contributed by atoms with Crippen LogP contribution in [0.3, 0.4) is 0 Å². The molecule has 0 aliphatic carbocycles. The highest BCUT2D eigenvalue weighted by Crippen LogP contribution is 2.08. The van der Waals surface area contributed by atoms with Crippen LogP contribution in [0.1, 0.15) is 12.5 Å². The molecule has 0 saturated heterocycles. The number of carbonyl (C=O) groups excluding carboxylic acids is 1. The van der Waals surface area contributed by atoms with Gasteiger partial charge in [-0.3, -0.25) is 9.59 Å². The number of hydrogen-bond donors (Lipinski definition) is 1. The number of halogens is 1. The Bertz CT molecular complexity index is 499. The summed E-state index contributed by atoms with van der Waals surface area (Å²) < 4.78 is 13.3. The molecule has 0 spiro atoms. The number of nitrogens with zero attached hydrogens (tertiary/aromatic N) is 1. The van der Waals surface area contributed by atoms with Gasteiger partial charge in [0.05, 0.1) is 5.92 Å². The average molecular weight is 265 g/mol. The summed E-state index contributed by atoms with van der Waals surface area (Å²) in [5.74, 6) is -2.38. The number of likely N-dealkylation sites (N-methyl/N-ethyl adjacent to an activating group) is 1. The molecule has 1 unspecified atom stereocenters. The maximum absolute atomic E-state index is 13.3. The number of carbonyl (C=O) groups is 2. The number of hydrogen-bond acceptors (Lipinski definition) is 2. The molecular weight excluding hydrogens is 249 g/mol. The zero-order valence-electron chi connectivity index (χ0n) is 10.8. The van der Waals surface area contributed by atoms with Crippen LogP contribution in [0.2, 0.25) is 0 Å². The molecular formula is C14H16FNO3. The van der Waals surface area contributed by atoms with Crippen molar-refractivity contribution in [3.05, 3.63) is 41.7 Å². The van der Waals surface area contributed by atoms with E-state index in [2.05, 4.69) is 0 Å². The Morgan fingerprint density at radius 1 is 1.42 bits per heavy atom. The lowest BCUT2D eigenvalue weighted by molar-refractivity contribution is -0.142. The minimum absolute atomic E-state index is 0.107. The van der Waals surface area contributed by atoms with Crippen LogP contribution in [0.25, 0.3) is 6.08 Å². The molecule has 0 aromatic heterocycles. The largest absolute Gasteiger partial charge is 0.481 e. The Hall–Kier alpha value is -2.17. The first-order chi connectivity index (χ1) is 8.91. The summed E-state index contributed by atoms with van der Waals surface area (Å²) in [6.07, 6.45) is 2.60. The average Bonchev–Trinajstić information content (AvgIpc) is 2.37. The summed E-state index contributed by atoms with van der Waals surface area (Å²) in [6.45, 7) is 1.63. The summed E-state index contributed by atoms with van der Waals surface area (Å²) in [5.41, 5.74) is 0.315. The van der Waals surface area contributed by atoms with E-state index >= 15 is 0 Å². The Morgan fingerprint density at radius 2 is 2.05 bits per heavy atom. The topological polar surface area (TPSA) is 57.6 Å². The maximum atomic E-state index is 13.3. The highest BCUT2D eigenvalue weighted by molar-refractivity contribution is 5.91. The quantitative estimate of drug-likeness (QED) is 0.829. The first kappa shape index (κ1) is 14.9. The normalized spacial score (nSPS) is 12.4. The van der Waals surface area contributed by atoms with Gasteiger partial charge in [-0.1, -0.05) is 25.1 Å². The van der Waals surface area contributed by atoms with Gasteiger partial charge in [0.2, 0.25) is 5.91 Å². The van der Waals surface area contributed by atoms with Crippen molar-refractivity contribution in [1.29, 1.82) is 0 Å². The predicted octanol–water partition coefficient (Wildman–Crippen LogP) is 2.02. The summed E-state index contributed by atoms with van der Waals surface area (Å²) in [7, 11) is 1.51. The molecule has 4 nitrogen and oxygen atoms in total. The van der Waals surface area contributed by atoms with E-state index in [9.17, 15) is 14.0 Å². The van der Waals surface area contributed by atoms with Crippen molar-refractivity contribution in [1.82, 2.24) is 4.90 Å². The van der Waals surface area contributed by atoms with Crippen molar-refractivity contribution in [3.8, 4) is 0 Å². The van der Waals surface area contributed by atoms with Gasteiger partial charge in [0.25, 0.3) is 0 Å². The van der Waals surface area contributed by atoms with Crippen molar-refractivity contribution in [3.63, 3.8) is 0 Å². The van der Waals surface area contributed by atoms with E-state index in [1.54, 1.807) is 18.2 Å². The fourth-order valence-corrected chi connectivity index (χ4v) is 1.48. The van der Waals surface area contributed by atoms with E-state index in [1.807, 2.05) is 0 Å². The van der Waals surface area contributed by atoms with Crippen molar-refractivity contribution in [2.45, 2.75) is 6.92 Å². The highest BCUT2D eigenvalue weighted by atomic mass is 19.1.